The quantitative estimate of drug-likeness (QED) is 0.0854. The number of nitrogens with zero attached hydrogens (tertiary/aromatic N) is 1. The molecule has 2 aromatic carbocycles. The van der Waals surface area contributed by atoms with E-state index in [-0.39, 0.29) is 17.8 Å². The highest BCUT2D eigenvalue weighted by molar-refractivity contribution is 5.69. The summed E-state index contributed by atoms with van der Waals surface area (Å²) in [6, 6.07) is 15.1. The SMILES string of the molecule is CCCCCCCCCCCCCCCC(=O)O[C@@H]1C[C@@H](CCOc2ccccc2CCc2cccc(OC(F)F)c2)N(C)C1. The molecular formula is C38H57F2NO4. The molecule has 1 heterocycles. The van der Waals surface area contributed by atoms with Crippen molar-refractivity contribution in [1.82, 2.24) is 4.90 Å². The van der Waals surface area contributed by atoms with Gasteiger partial charge in [-0.2, -0.15) is 8.78 Å². The number of rotatable bonds is 24. The van der Waals surface area contributed by atoms with E-state index < -0.39 is 6.61 Å². The molecule has 0 saturated carbocycles. The smallest absolute Gasteiger partial charge is 0.387 e. The highest BCUT2D eigenvalue weighted by Gasteiger charge is 2.31. The van der Waals surface area contributed by atoms with E-state index in [0.717, 1.165) is 55.5 Å². The second-order valence-electron chi connectivity index (χ2n) is 12.7. The molecular weight excluding hydrogens is 572 g/mol. The van der Waals surface area contributed by atoms with Crippen LogP contribution in [0.1, 0.15) is 121 Å². The molecule has 252 valence electrons. The number of hydrogen-bond donors (Lipinski definition) is 0. The van der Waals surface area contributed by atoms with Gasteiger partial charge in [0.15, 0.2) is 0 Å². The average Bonchev–Trinajstić information content (AvgIpc) is 3.36. The summed E-state index contributed by atoms with van der Waals surface area (Å²) in [5, 5.41) is 0. The van der Waals surface area contributed by atoms with Crippen molar-refractivity contribution in [3.05, 3.63) is 59.7 Å². The number of unbranched alkanes of at least 4 members (excludes halogenated alkanes) is 12. The average molecular weight is 630 g/mol. The van der Waals surface area contributed by atoms with Crippen LogP contribution in [0.4, 0.5) is 8.78 Å². The van der Waals surface area contributed by atoms with Crippen molar-refractivity contribution in [2.24, 2.45) is 0 Å². The lowest BCUT2D eigenvalue weighted by molar-refractivity contribution is -0.148. The van der Waals surface area contributed by atoms with Gasteiger partial charge in [0.1, 0.15) is 17.6 Å². The molecule has 0 aromatic heterocycles. The fraction of sp³-hybridized carbons (Fsp3) is 0.658. The molecule has 0 N–H and O–H groups in total. The van der Waals surface area contributed by atoms with Crippen molar-refractivity contribution in [2.45, 2.75) is 141 Å². The van der Waals surface area contributed by atoms with Crippen LogP contribution >= 0.6 is 0 Å². The Morgan fingerprint density at radius 3 is 2.22 bits per heavy atom. The summed E-state index contributed by atoms with van der Waals surface area (Å²) in [6.07, 6.45) is 20.4. The van der Waals surface area contributed by atoms with E-state index in [1.54, 1.807) is 18.2 Å². The Kier molecular flexibility index (Phi) is 18.0. The van der Waals surface area contributed by atoms with Gasteiger partial charge in [0.05, 0.1) is 6.61 Å². The monoisotopic (exact) mass is 629 g/mol. The molecule has 7 heteroatoms. The number of likely N-dealkylation sites (tertiary alicyclic amines) is 1. The third-order valence-corrected chi connectivity index (χ3v) is 8.92. The van der Waals surface area contributed by atoms with E-state index in [1.165, 1.54) is 70.6 Å². The predicted octanol–water partition coefficient (Wildman–Crippen LogP) is 9.94. The Hall–Kier alpha value is -2.67. The lowest BCUT2D eigenvalue weighted by atomic mass is 10.0. The molecule has 0 aliphatic carbocycles. The van der Waals surface area contributed by atoms with Crippen molar-refractivity contribution in [2.75, 3.05) is 20.2 Å². The van der Waals surface area contributed by atoms with Crippen LogP contribution in [0, 0.1) is 0 Å². The summed E-state index contributed by atoms with van der Waals surface area (Å²) in [5.41, 5.74) is 2.02. The lowest BCUT2D eigenvalue weighted by Crippen LogP contribution is -2.27. The second-order valence-corrected chi connectivity index (χ2v) is 12.7. The van der Waals surface area contributed by atoms with Crippen LogP contribution in [0.5, 0.6) is 11.5 Å². The number of likely N-dealkylation sites (N-methyl/N-ethyl adjacent to an activating group) is 1. The fourth-order valence-corrected chi connectivity index (χ4v) is 6.30. The molecule has 45 heavy (non-hydrogen) atoms. The van der Waals surface area contributed by atoms with Crippen LogP contribution < -0.4 is 9.47 Å². The zero-order valence-electron chi connectivity index (χ0n) is 27.8. The van der Waals surface area contributed by atoms with Crippen LogP contribution in [0.25, 0.3) is 0 Å². The molecule has 1 aliphatic heterocycles. The normalized spacial score (nSPS) is 16.7. The van der Waals surface area contributed by atoms with Crippen molar-refractivity contribution >= 4 is 5.97 Å². The molecule has 2 atom stereocenters. The zero-order chi connectivity index (χ0) is 32.1. The highest BCUT2D eigenvalue weighted by Crippen LogP contribution is 2.25. The van der Waals surface area contributed by atoms with E-state index in [4.69, 9.17) is 9.47 Å². The first kappa shape index (κ1) is 36.8. The number of benzene rings is 2. The number of ether oxygens (including phenoxy) is 3. The summed E-state index contributed by atoms with van der Waals surface area (Å²) >= 11 is 0. The van der Waals surface area contributed by atoms with Crippen LogP contribution in [0.3, 0.4) is 0 Å². The molecule has 0 unspecified atom stereocenters. The number of esters is 1. The van der Waals surface area contributed by atoms with Gasteiger partial charge < -0.3 is 14.2 Å². The number of carbonyl (C=O) groups excluding carboxylic acids is 1. The van der Waals surface area contributed by atoms with Gasteiger partial charge in [0.2, 0.25) is 0 Å². The van der Waals surface area contributed by atoms with Crippen LogP contribution in [-0.4, -0.2) is 49.8 Å². The third kappa shape index (κ3) is 15.4. The Morgan fingerprint density at radius 2 is 1.53 bits per heavy atom. The number of halogens is 2. The maximum Gasteiger partial charge on any atom is 0.387 e. The summed E-state index contributed by atoms with van der Waals surface area (Å²) in [5.74, 6) is 0.962. The Balaban J connectivity index is 1.25. The molecule has 0 spiro atoms. The molecule has 1 fully saturated rings. The number of alkyl halides is 2. The van der Waals surface area contributed by atoms with Crippen molar-refractivity contribution < 1.29 is 27.8 Å². The van der Waals surface area contributed by atoms with E-state index in [2.05, 4.69) is 23.6 Å². The van der Waals surface area contributed by atoms with E-state index >= 15 is 0 Å². The van der Waals surface area contributed by atoms with Crippen molar-refractivity contribution in [3.8, 4) is 11.5 Å². The number of para-hydroxylation sites is 1. The van der Waals surface area contributed by atoms with Gasteiger partial charge in [-0.15, -0.1) is 0 Å². The van der Waals surface area contributed by atoms with Gasteiger partial charge in [0.25, 0.3) is 0 Å². The summed E-state index contributed by atoms with van der Waals surface area (Å²) in [6.45, 7) is 0.774. The Bertz CT molecular complexity index is 1080. The minimum absolute atomic E-state index is 0.0495. The standard InChI is InChI=1S/C38H57F2NO4/c1-3-4-5-6-7-8-9-10-11-12-13-14-15-23-37(42)44-35-29-33(41(2)30-35)26-27-43-36-22-17-16-20-32(36)25-24-31-19-18-21-34(28-31)45-38(39)40/h16-22,28,33,35,38H,3-15,23-27,29-30H2,1-2H3/t33-,35-/m1/s1. The topological polar surface area (TPSA) is 48.0 Å². The molecule has 1 saturated heterocycles. The summed E-state index contributed by atoms with van der Waals surface area (Å²) in [7, 11) is 2.09. The van der Waals surface area contributed by atoms with Gasteiger partial charge in [-0.1, -0.05) is 114 Å². The minimum Gasteiger partial charge on any atom is -0.493 e. The molecule has 0 amide bonds. The van der Waals surface area contributed by atoms with Gasteiger partial charge in [0, 0.05) is 25.4 Å². The van der Waals surface area contributed by atoms with E-state index in [9.17, 15) is 13.6 Å². The molecule has 1 aliphatic rings. The number of hydrogen-bond acceptors (Lipinski definition) is 5. The van der Waals surface area contributed by atoms with E-state index in [1.807, 2.05) is 30.3 Å². The fourth-order valence-electron chi connectivity index (χ4n) is 6.30. The van der Waals surface area contributed by atoms with Gasteiger partial charge in [-0.3, -0.25) is 9.69 Å². The number of aryl methyl sites for hydroxylation is 2. The first-order valence-corrected chi connectivity index (χ1v) is 17.6. The zero-order valence-corrected chi connectivity index (χ0v) is 27.8. The molecule has 3 rings (SSSR count). The number of carbonyl (C=O) groups is 1. The van der Waals surface area contributed by atoms with Crippen molar-refractivity contribution in [3.63, 3.8) is 0 Å². The largest absolute Gasteiger partial charge is 0.493 e. The van der Waals surface area contributed by atoms with Crippen LogP contribution in [0.15, 0.2) is 48.5 Å². The van der Waals surface area contributed by atoms with E-state index in [0.29, 0.717) is 25.5 Å². The molecule has 2 aromatic rings. The maximum absolute atomic E-state index is 12.6. The first-order valence-electron chi connectivity index (χ1n) is 17.6. The summed E-state index contributed by atoms with van der Waals surface area (Å²) < 4.78 is 41.7. The Morgan fingerprint density at radius 1 is 0.867 bits per heavy atom. The molecule has 5 nitrogen and oxygen atoms in total. The van der Waals surface area contributed by atoms with Crippen molar-refractivity contribution in [1.29, 1.82) is 0 Å². The molecule has 0 bridgehead atoms. The summed E-state index contributed by atoms with van der Waals surface area (Å²) in [4.78, 5) is 14.7. The highest BCUT2D eigenvalue weighted by atomic mass is 19.3. The van der Waals surface area contributed by atoms with Crippen LogP contribution in [0.2, 0.25) is 0 Å². The second kappa shape index (κ2) is 22.0. The van der Waals surface area contributed by atoms with Gasteiger partial charge in [-0.05, 0) is 62.1 Å². The minimum atomic E-state index is -2.83. The lowest BCUT2D eigenvalue weighted by Gasteiger charge is -2.19. The predicted molar refractivity (Wildman–Crippen MR) is 178 cm³/mol. The van der Waals surface area contributed by atoms with Gasteiger partial charge in [-0.25, -0.2) is 0 Å². The third-order valence-electron chi connectivity index (χ3n) is 8.92. The maximum atomic E-state index is 12.6. The first-order chi connectivity index (χ1) is 21.9. The van der Waals surface area contributed by atoms with Gasteiger partial charge >= 0.3 is 12.6 Å². The molecule has 0 radical (unpaired) electrons. The Labute approximate surface area is 271 Å². The van der Waals surface area contributed by atoms with Crippen LogP contribution in [-0.2, 0) is 22.4 Å².